The van der Waals surface area contributed by atoms with Gasteiger partial charge in [-0.05, 0) is 74.1 Å². The number of fused-ring (bicyclic) bond motifs is 4. The van der Waals surface area contributed by atoms with E-state index in [0.717, 1.165) is 76.4 Å². The van der Waals surface area contributed by atoms with Gasteiger partial charge in [-0.1, -0.05) is 97.5 Å². The van der Waals surface area contributed by atoms with Crippen molar-refractivity contribution >= 4 is 38.4 Å². The van der Waals surface area contributed by atoms with Gasteiger partial charge >= 0.3 is 0 Å². The number of aryl methyl sites for hydroxylation is 2. The van der Waals surface area contributed by atoms with Crippen LogP contribution in [-0.4, -0.2) is 15.9 Å². The van der Waals surface area contributed by atoms with Crippen molar-refractivity contribution in [2.45, 2.75) is 114 Å². The van der Waals surface area contributed by atoms with Gasteiger partial charge in [0.1, 0.15) is 11.3 Å². The van der Waals surface area contributed by atoms with Crippen LogP contribution in [0.2, 0.25) is 0 Å². The van der Waals surface area contributed by atoms with Gasteiger partial charge in [0.15, 0.2) is 5.78 Å². The van der Waals surface area contributed by atoms with Crippen molar-refractivity contribution in [1.82, 2.24) is 4.98 Å². The van der Waals surface area contributed by atoms with E-state index in [4.69, 9.17) is 9.40 Å². The van der Waals surface area contributed by atoms with Crippen LogP contribution in [0.3, 0.4) is 0 Å². The molecule has 2 heterocycles. The number of aliphatic hydroxyl groups is 1. The minimum absolute atomic E-state index is 0. The second-order valence-electron chi connectivity index (χ2n) is 14.9. The standard InChI is InChI=1S/C31H32NO.C13H24O2.Ir/c1-18(2)12-23-17-25-29(32-27-14-19(3)13-20(4)28(27)30(25)33-23)22-15-21-10-8-9-11-24(21)26(16-22)31(5,6)7;1-5-10(6-2)12(14)9-13(15)11(7-3)8-4;/h8-11,13-14,16-18H,12H2,1-7H3;9-11,14H,5-8H2,1-4H3;/q-1;;/b;12-9-;. The fraction of sp³-hybridized carbons (Fsp3) is 0.455. The number of benzene rings is 3. The number of aliphatic hydroxyl groups excluding tert-OH is 1. The molecule has 1 radical (unpaired) electrons. The summed E-state index contributed by atoms with van der Waals surface area (Å²) in [6.07, 6.45) is 5.82. The Morgan fingerprint density at radius 2 is 1.55 bits per heavy atom. The zero-order chi connectivity index (χ0) is 35.3. The number of pyridine rings is 1. The minimum Gasteiger partial charge on any atom is -0.512 e. The Morgan fingerprint density at radius 1 is 0.918 bits per heavy atom. The number of rotatable bonds is 10. The van der Waals surface area contributed by atoms with Crippen LogP contribution in [0, 0.1) is 37.7 Å². The van der Waals surface area contributed by atoms with Crippen molar-refractivity contribution < 1.29 is 34.4 Å². The monoisotopic (exact) mass is 839 g/mol. The molecule has 0 aliphatic carbocycles. The number of hydrogen-bond acceptors (Lipinski definition) is 4. The molecule has 5 rings (SSSR count). The Kier molecular flexibility index (Phi) is 14.0. The van der Waals surface area contributed by atoms with Crippen molar-refractivity contribution in [2.75, 3.05) is 0 Å². The smallest absolute Gasteiger partial charge is 0.162 e. The zero-order valence-corrected chi connectivity index (χ0v) is 33.9. The fourth-order valence-corrected chi connectivity index (χ4v) is 6.78. The average molecular weight is 839 g/mol. The summed E-state index contributed by atoms with van der Waals surface area (Å²) < 4.78 is 6.51. The van der Waals surface area contributed by atoms with Gasteiger partial charge in [0, 0.05) is 60.9 Å². The molecule has 49 heavy (non-hydrogen) atoms. The maximum Gasteiger partial charge on any atom is 0.162 e. The maximum absolute atomic E-state index is 11.7. The number of aromatic nitrogens is 1. The molecule has 4 nitrogen and oxygen atoms in total. The molecule has 265 valence electrons. The van der Waals surface area contributed by atoms with Crippen LogP contribution in [0.4, 0.5) is 0 Å². The number of furan rings is 1. The number of ketones is 1. The number of nitrogens with zero attached hydrogens (tertiary/aromatic N) is 1. The summed E-state index contributed by atoms with van der Waals surface area (Å²) in [5, 5.41) is 14.3. The first kappa shape index (κ1) is 40.2. The fourth-order valence-electron chi connectivity index (χ4n) is 6.78. The first-order valence-corrected chi connectivity index (χ1v) is 18.0. The molecule has 0 atom stereocenters. The van der Waals surface area contributed by atoms with Crippen LogP contribution in [0.15, 0.2) is 64.8 Å². The first-order chi connectivity index (χ1) is 22.7. The van der Waals surface area contributed by atoms with Gasteiger partial charge in [0.05, 0.1) is 11.3 Å². The largest absolute Gasteiger partial charge is 0.512 e. The Balaban J connectivity index is 0.000000347. The van der Waals surface area contributed by atoms with E-state index in [2.05, 4.69) is 103 Å². The number of allylic oxidation sites excluding steroid dienone is 2. The van der Waals surface area contributed by atoms with Gasteiger partial charge in [-0.2, -0.15) is 0 Å². The predicted octanol–water partition coefficient (Wildman–Crippen LogP) is 12.6. The molecule has 0 bridgehead atoms. The summed E-state index contributed by atoms with van der Waals surface area (Å²) in [6.45, 7) is 23.6. The summed E-state index contributed by atoms with van der Waals surface area (Å²) in [5.41, 5.74) is 7.65. The number of hydrogen-bond donors (Lipinski definition) is 1. The molecular weight excluding hydrogens is 783 g/mol. The van der Waals surface area contributed by atoms with Crippen LogP contribution in [0.25, 0.3) is 43.9 Å². The van der Waals surface area contributed by atoms with E-state index < -0.39 is 0 Å². The molecule has 2 aromatic heterocycles. The maximum atomic E-state index is 11.7. The quantitative estimate of drug-likeness (QED) is 0.0864. The zero-order valence-electron chi connectivity index (χ0n) is 31.5. The van der Waals surface area contributed by atoms with E-state index in [-0.39, 0.29) is 48.9 Å². The molecule has 0 saturated heterocycles. The Bertz CT molecular complexity index is 1920. The average Bonchev–Trinajstić information content (AvgIpc) is 3.43. The van der Waals surface area contributed by atoms with E-state index in [1.165, 1.54) is 28.2 Å². The molecular formula is C44H56IrNO3-. The number of carbonyl (C=O) groups excluding carboxylic acids is 1. The van der Waals surface area contributed by atoms with Crippen molar-refractivity contribution in [3.05, 3.63) is 88.9 Å². The molecule has 0 amide bonds. The van der Waals surface area contributed by atoms with Crippen LogP contribution < -0.4 is 0 Å². The van der Waals surface area contributed by atoms with Crippen LogP contribution in [0.5, 0.6) is 0 Å². The molecule has 1 N–H and O–H groups in total. The van der Waals surface area contributed by atoms with E-state index >= 15 is 0 Å². The summed E-state index contributed by atoms with van der Waals surface area (Å²) in [6, 6.07) is 21.1. The van der Waals surface area contributed by atoms with Gasteiger partial charge in [0.25, 0.3) is 0 Å². The molecule has 3 aromatic carbocycles. The van der Waals surface area contributed by atoms with Gasteiger partial charge in [-0.15, -0.1) is 29.1 Å². The predicted molar refractivity (Wildman–Crippen MR) is 204 cm³/mol. The third kappa shape index (κ3) is 9.30. The molecule has 0 fully saturated rings. The van der Waals surface area contributed by atoms with Gasteiger partial charge in [-0.25, -0.2) is 0 Å². The van der Waals surface area contributed by atoms with E-state index in [9.17, 15) is 9.90 Å². The van der Waals surface area contributed by atoms with E-state index in [1.54, 1.807) is 0 Å². The normalized spacial score (nSPS) is 12.2. The SMILES string of the molecule is CCC(CC)C(=O)/C=C(\O)C(CC)CC.Cc1cc(C)c2c(c1)nc(-c1[c-]c3ccccc3c(C(C)(C)C)c1)c1cc(CC(C)C)oc12.[Ir]. The van der Waals surface area contributed by atoms with Gasteiger partial charge in [-0.3, -0.25) is 9.78 Å². The first-order valence-electron chi connectivity index (χ1n) is 18.0. The third-order valence-electron chi connectivity index (χ3n) is 9.49. The van der Waals surface area contributed by atoms with Crippen molar-refractivity contribution in [3.63, 3.8) is 0 Å². The van der Waals surface area contributed by atoms with Crippen molar-refractivity contribution in [2.24, 2.45) is 17.8 Å². The second-order valence-corrected chi connectivity index (χ2v) is 14.9. The topological polar surface area (TPSA) is 63.3 Å². The molecule has 5 aromatic rings. The second kappa shape index (κ2) is 17.1. The molecule has 0 aliphatic rings. The molecule has 0 spiro atoms. The number of carbonyl (C=O) groups is 1. The minimum atomic E-state index is 0. The molecule has 5 heteroatoms. The summed E-state index contributed by atoms with van der Waals surface area (Å²) in [4.78, 5) is 16.9. The Hall–Kier alpha value is -3.27. The van der Waals surface area contributed by atoms with Crippen LogP contribution in [-0.2, 0) is 36.7 Å². The molecule has 0 saturated carbocycles. The van der Waals surface area contributed by atoms with Gasteiger partial charge < -0.3 is 9.52 Å². The van der Waals surface area contributed by atoms with E-state index in [1.807, 2.05) is 27.7 Å². The summed E-state index contributed by atoms with van der Waals surface area (Å²) >= 11 is 0. The van der Waals surface area contributed by atoms with Crippen molar-refractivity contribution in [1.29, 1.82) is 0 Å². The summed E-state index contributed by atoms with van der Waals surface area (Å²) in [5.74, 6) is 2.09. The Labute approximate surface area is 308 Å². The summed E-state index contributed by atoms with van der Waals surface area (Å²) in [7, 11) is 0. The van der Waals surface area contributed by atoms with Crippen LogP contribution in [0.1, 0.15) is 110 Å². The third-order valence-corrected chi connectivity index (χ3v) is 9.49. The van der Waals surface area contributed by atoms with Crippen molar-refractivity contribution in [3.8, 4) is 11.3 Å². The molecule has 0 unspecified atom stereocenters. The molecule has 0 aliphatic heterocycles. The van der Waals surface area contributed by atoms with Gasteiger partial charge in [0.2, 0.25) is 0 Å². The van der Waals surface area contributed by atoms with Crippen LogP contribution >= 0.6 is 0 Å². The Morgan fingerprint density at radius 3 is 2.14 bits per heavy atom. The van der Waals surface area contributed by atoms with E-state index in [0.29, 0.717) is 5.92 Å².